The Labute approximate surface area is 212 Å². The molecule has 4 nitrogen and oxygen atoms in total. The van der Waals surface area contributed by atoms with Gasteiger partial charge in [0.05, 0.1) is 18.9 Å². The molecule has 0 saturated carbocycles. The summed E-state index contributed by atoms with van der Waals surface area (Å²) < 4.78 is 11.3. The fourth-order valence-electron chi connectivity index (χ4n) is 3.51. The number of rotatable bonds is 17. The molecule has 35 heavy (non-hydrogen) atoms. The lowest BCUT2D eigenvalue weighted by molar-refractivity contribution is -0.138. The molecule has 0 heterocycles. The Morgan fingerprint density at radius 2 is 1.60 bits per heavy atom. The van der Waals surface area contributed by atoms with E-state index in [-0.39, 0.29) is 5.97 Å². The number of para-hydroxylation sites is 1. The summed E-state index contributed by atoms with van der Waals surface area (Å²) in [5.41, 5.74) is 2.75. The topological polar surface area (TPSA) is 47.9 Å². The van der Waals surface area contributed by atoms with Crippen molar-refractivity contribution < 1.29 is 14.3 Å². The molecule has 0 aliphatic rings. The lowest BCUT2D eigenvalue weighted by Crippen LogP contribution is -2.08. The van der Waals surface area contributed by atoms with Crippen molar-refractivity contribution in [1.29, 1.82) is 0 Å². The zero-order valence-corrected chi connectivity index (χ0v) is 21.9. The summed E-state index contributed by atoms with van der Waals surface area (Å²) in [4.78, 5) is 16.4. The minimum Gasteiger partial charge on any atom is -0.493 e. The lowest BCUT2D eigenvalue weighted by atomic mass is 10.1. The van der Waals surface area contributed by atoms with Crippen LogP contribution in [0.25, 0.3) is 6.08 Å². The van der Waals surface area contributed by atoms with Gasteiger partial charge in [-0.15, -0.1) is 0 Å². The number of aliphatic imine (C=N–C) groups is 1. The monoisotopic (exact) mass is 477 g/mol. The molecule has 1 atom stereocenters. The molecule has 190 valence electrons. The van der Waals surface area contributed by atoms with Gasteiger partial charge in [0.25, 0.3) is 0 Å². The average Bonchev–Trinajstić information content (AvgIpc) is 2.89. The molecule has 0 radical (unpaired) electrons. The van der Waals surface area contributed by atoms with Crippen LogP contribution in [0.5, 0.6) is 5.75 Å². The average molecular weight is 478 g/mol. The summed E-state index contributed by atoms with van der Waals surface area (Å²) >= 11 is 0. The molecule has 0 aliphatic carbocycles. The number of carbonyl (C=O) groups is 1. The van der Waals surface area contributed by atoms with E-state index in [9.17, 15) is 4.79 Å². The van der Waals surface area contributed by atoms with Crippen LogP contribution in [-0.4, -0.2) is 25.4 Å². The van der Waals surface area contributed by atoms with Gasteiger partial charge in [-0.2, -0.15) is 0 Å². The third kappa shape index (κ3) is 12.4. The highest BCUT2D eigenvalue weighted by atomic mass is 16.5. The van der Waals surface area contributed by atoms with Gasteiger partial charge in [-0.3, -0.25) is 4.99 Å². The number of esters is 1. The van der Waals surface area contributed by atoms with Crippen LogP contribution in [0.15, 0.2) is 59.6 Å². The van der Waals surface area contributed by atoms with Gasteiger partial charge in [0.2, 0.25) is 0 Å². The van der Waals surface area contributed by atoms with Crippen molar-refractivity contribution in [2.45, 2.75) is 78.6 Å². The number of hydrogen-bond donors (Lipinski definition) is 0. The molecule has 0 spiro atoms. The van der Waals surface area contributed by atoms with E-state index < -0.39 is 0 Å². The smallest absolute Gasteiger partial charge is 0.330 e. The van der Waals surface area contributed by atoms with Crippen molar-refractivity contribution in [3.8, 4) is 5.75 Å². The Morgan fingerprint density at radius 1 is 0.914 bits per heavy atom. The Balaban J connectivity index is 1.79. The van der Waals surface area contributed by atoms with Crippen LogP contribution in [0, 0.1) is 5.92 Å². The Kier molecular flexibility index (Phi) is 14.2. The first kappa shape index (κ1) is 28.4. The molecule has 0 amide bonds. The molecule has 0 bridgehead atoms. The Hall–Kier alpha value is -2.88. The molecule has 0 saturated heterocycles. The molecular formula is C31H43NO3. The van der Waals surface area contributed by atoms with Gasteiger partial charge < -0.3 is 9.47 Å². The number of ether oxygens (including phenoxy) is 2. The van der Waals surface area contributed by atoms with E-state index in [1.807, 2.05) is 54.7 Å². The van der Waals surface area contributed by atoms with Crippen LogP contribution < -0.4 is 4.74 Å². The highest BCUT2D eigenvalue weighted by molar-refractivity contribution is 5.87. The van der Waals surface area contributed by atoms with Crippen molar-refractivity contribution in [2.24, 2.45) is 10.9 Å². The predicted octanol–water partition coefficient (Wildman–Crippen LogP) is 8.56. The molecule has 2 aromatic rings. The minimum absolute atomic E-state index is 0.309. The predicted molar refractivity (Wildman–Crippen MR) is 148 cm³/mol. The fraction of sp³-hybridized carbons (Fsp3) is 0.484. The second-order valence-electron chi connectivity index (χ2n) is 9.19. The maximum atomic E-state index is 11.8. The number of nitrogens with zero attached hydrogens (tertiary/aromatic N) is 1. The van der Waals surface area contributed by atoms with Gasteiger partial charge in [-0.05, 0) is 48.2 Å². The van der Waals surface area contributed by atoms with Crippen molar-refractivity contribution in [1.82, 2.24) is 0 Å². The summed E-state index contributed by atoms with van der Waals surface area (Å²) in [5.74, 6) is 0.941. The molecule has 0 fully saturated rings. The molecule has 0 aliphatic heterocycles. The van der Waals surface area contributed by atoms with Crippen molar-refractivity contribution in [2.75, 3.05) is 13.2 Å². The Bertz CT molecular complexity index is 902. The highest BCUT2D eigenvalue weighted by Crippen LogP contribution is 2.19. The van der Waals surface area contributed by atoms with Gasteiger partial charge in [-0.1, -0.05) is 96.4 Å². The SMILES string of the molecule is CCCCCCCCCCOc1ccccc1C=Nc1ccc(/C=C/C(=O)OC[C@@H](C)CC)cc1. The number of hydrogen-bond acceptors (Lipinski definition) is 4. The van der Waals surface area contributed by atoms with Crippen LogP contribution in [-0.2, 0) is 9.53 Å². The summed E-state index contributed by atoms with van der Waals surface area (Å²) in [6, 6.07) is 15.8. The highest BCUT2D eigenvalue weighted by Gasteiger charge is 2.03. The van der Waals surface area contributed by atoms with Crippen LogP contribution in [0.1, 0.15) is 89.7 Å². The van der Waals surface area contributed by atoms with Crippen LogP contribution in [0.2, 0.25) is 0 Å². The van der Waals surface area contributed by atoms with E-state index in [1.165, 1.54) is 51.0 Å². The number of benzene rings is 2. The van der Waals surface area contributed by atoms with Gasteiger partial charge in [0.1, 0.15) is 5.75 Å². The minimum atomic E-state index is -0.309. The van der Waals surface area contributed by atoms with Gasteiger partial charge in [0, 0.05) is 17.9 Å². The van der Waals surface area contributed by atoms with E-state index in [2.05, 4.69) is 25.8 Å². The zero-order valence-electron chi connectivity index (χ0n) is 21.9. The standard InChI is InChI=1S/C31H43NO3/c1-4-6-7-8-9-10-11-14-23-34-30-16-13-12-15-28(30)24-32-29-20-17-27(18-21-29)19-22-31(33)35-25-26(3)5-2/h12-13,15-22,24,26H,4-11,14,23,25H2,1-3H3/b22-19+,32-24?/t26-/m0/s1. The molecule has 0 N–H and O–H groups in total. The van der Waals surface area contributed by atoms with E-state index in [1.54, 1.807) is 6.08 Å². The van der Waals surface area contributed by atoms with Crippen molar-refractivity contribution in [3.63, 3.8) is 0 Å². The number of carbonyl (C=O) groups excluding carboxylic acids is 1. The van der Waals surface area contributed by atoms with Crippen LogP contribution >= 0.6 is 0 Å². The summed E-state index contributed by atoms with van der Waals surface area (Å²) in [6.45, 7) is 7.60. The number of unbranched alkanes of at least 4 members (excludes halogenated alkanes) is 7. The molecule has 0 unspecified atom stereocenters. The summed E-state index contributed by atoms with van der Waals surface area (Å²) in [6.07, 6.45) is 16.4. The molecule has 4 heteroatoms. The first-order valence-electron chi connectivity index (χ1n) is 13.3. The third-order valence-corrected chi connectivity index (χ3v) is 6.04. The Morgan fingerprint density at radius 3 is 2.31 bits per heavy atom. The van der Waals surface area contributed by atoms with E-state index in [0.29, 0.717) is 12.5 Å². The normalized spacial score (nSPS) is 12.3. The maximum absolute atomic E-state index is 11.8. The molecule has 0 aromatic heterocycles. The van der Waals surface area contributed by atoms with E-state index in [0.717, 1.165) is 42.0 Å². The van der Waals surface area contributed by atoms with E-state index >= 15 is 0 Å². The van der Waals surface area contributed by atoms with Crippen molar-refractivity contribution in [3.05, 3.63) is 65.7 Å². The van der Waals surface area contributed by atoms with Crippen LogP contribution in [0.4, 0.5) is 5.69 Å². The maximum Gasteiger partial charge on any atom is 0.330 e. The van der Waals surface area contributed by atoms with Crippen LogP contribution in [0.3, 0.4) is 0 Å². The fourth-order valence-corrected chi connectivity index (χ4v) is 3.51. The van der Waals surface area contributed by atoms with Crippen molar-refractivity contribution >= 4 is 23.9 Å². The molecule has 2 rings (SSSR count). The van der Waals surface area contributed by atoms with Gasteiger partial charge >= 0.3 is 5.97 Å². The largest absolute Gasteiger partial charge is 0.493 e. The van der Waals surface area contributed by atoms with Gasteiger partial charge in [-0.25, -0.2) is 4.79 Å². The third-order valence-electron chi connectivity index (χ3n) is 6.04. The first-order valence-corrected chi connectivity index (χ1v) is 13.3. The lowest BCUT2D eigenvalue weighted by Gasteiger charge is -2.09. The molecule has 2 aromatic carbocycles. The second kappa shape index (κ2) is 17.5. The zero-order chi connectivity index (χ0) is 25.1. The first-order chi connectivity index (χ1) is 17.1. The quantitative estimate of drug-likeness (QED) is 0.0992. The molecular weight excluding hydrogens is 434 g/mol. The summed E-state index contributed by atoms with van der Waals surface area (Å²) in [5, 5.41) is 0. The van der Waals surface area contributed by atoms with Gasteiger partial charge in [0.15, 0.2) is 0 Å². The second-order valence-corrected chi connectivity index (χ2v) is 9.19. The van der Waals surface area contributed by atoms with E-state index in [4.69, 9.17) is 9.47 Å². The summed E-state index contributed by atoms with van der Waals surface area (Å²) in [7, 11) is 0.